The van der Waals surface area contributed by atoms with Crippen LogP contribution in [0.5, 0.6) is 0 Å². The first-order valence-corrected chi connectivity index (χ1v) is 8.67. The molecule has 3 rings (SSSR count). The van der Waals surface area contributed by atoms with Gasteiger partial charge in [-0.1, -0.05) is 70.2 Å². The number of hydrogen-bond donors (Lipinski definition) is 0. The molecule has 0 atom stereocenters. The lowest BCUT2D eigenvalue weighted by Gasteiger charge is -2.14. The Morgan fingerprint density at radius 2 is 1.95 bits per heavy atom. The fourth-order valence-electron chi connectivity index (χ4n) is 2.20. The van der Waals surface area contributed by atoms with Gasteiger partial charge in [-0.05, 0) is 42.3 Å². The third kappa shape index (κ3) is 3.02. The first kappa shape index (κ1) is 15.5. The standard InChI is InChI=1S/C17H12BrNOS2/c1-11-5-2-3-6-12(11)9-15-16(20)19(17(21)22-15)14-8-4-7-13(18)10-14/h2-10H,1H3/b15-9+. The van der Waals surface area contributed by atoms with Crippen LogP contribution in [0, 0.1) is 6.92 Å². The molecule has 0 N–H and O–H groups in total. The molecule has 0 saturated carbocycles. The number of nitrogens with zero attached hydrogens (tertiary/aromatic N) is 1. The summed E-state index contributed by atoms with van der Waals surface area (Å²) in [5, 5.41) is 0. The average molecular weight is 390 g/mol. The van der Waals surface area contributed by atoms with E-state index in [9.17, 15) is 4.79 Å². The summed E-state index contributed by atoms with van der Waals surface area (Å²) in [6.45, 7) is 2.03. The molecule has 0 aliphatic carbocycles. The van der Waals surface area contributed by atoms with Gasteiger partial charge in [0.15, 0.2) is 4.32 Å². The van der Waals surface area contributed by atoms with Gasteiger partial charge in [0.1, 0.15) is 0 Å². The summed E-state index contributed by atoms with van der Waals surface area (Å²) < 4.78 is 1.48. The Morgan fingerprint density at radius 1 is 1.18 bits per heavy atom. The van der Waals surface area contributed by atoms with Crippen LogP contribution in [0.1, 0.15) is 11.1 Å². The molecule has 2 nitrogen and oxygen atoms in total. The van der Waals surface area contributed by atoms with Crippen molar-refractivity contribution >= 4 is 61.9 Å². The molecule has 2 aromatic rings. The second kappa shape index (κ2) is 6.36. The zero-order valence-electron chi connectivity index (χ0n) is 11.7. The molecule has 2 aromatic carbocycles. The van der Waals surface area contributed by atoms with Gasteiger partial charge in [-0.15, -0.1) is 0 Å². The molecule has 1 heterocycles. The lowest BCUT2D eigenvalue weighted by Crippen LogP contribution is -2.27. The van der Waals surface area contributed by atoms with Gasteiger partial charge < -0.3 is 0 Å². The molecule has 0 unspecified atom stereocenters. The summed E-state index contributed by atoms with van der Waals surface area (Å²) in [6.07, 6.45) is 1.91. The van der Waals surface area contributed by atoms with Crippen molar-refractivity contribution in [3.8, 4) is 0 Å². The van der Waals surface area contributed by atoms with Crippen molar-refractivity contribution in [1.29, 1.82) is 0 Å². The minimum absolute atomic E-state index is 0.0728. The number of halogens is 1. The quantitative estimate of drug-likeness (QED) is 0.522. The Balaban J connectivity index is 1.97. The number of hydrogen-bond acceptors (Lipinski definition) is 3. The van der Waals surface area contributed by atoms with Crippen molar-refractivity contribution < 1.29 is 4.79 Å². The van der Waals surface area contributed by atoms with E-state index in [4.69, 9.17) is 12.2 Å². The van der Waals surface area contributed by atoms with Gasteiger partial charge in [0.05, 0.1) is 10.6 Å². The first-order valence-electron chi connectivity index (χ1n) is 6.65. The molecule has 22 heavy (non-hydrogen) atoms. The highest BCUT2D eigenvalue weighted by molar-refractivity contribution is 9.10. The molecule has 1 amide bonds. The third-order valence-electron chi connectivity index (χ3n) is 3.34. The third-order valence-corrected chi connectivity index (χ3v) is 5.13. The van der Waals surface area contributed by atoms with Crippen LogP contribution in [-0.4, -0.2) is 10.2 Å². The van der Waals surface area contributed by atoms with Crippen LogP contribution in [0.4, 0.5) is 5.69 Å². The molecule has 1 saturated heterocycles. The van der Waals surface area contributed by atoms with E-state index in [1.54, 1.807) is 4.90 Å². The van der Waals surface area contributed by atoms with E-state index in [0.717, 1.165) is 21.3 Å². The number of anilines is 1. The Morgan fingerprint density at radius 3 is 2.68 bits per heavy atom. The van der Waals surface area contributed by atoms with Crippen molar-refractivity contribution in [2.24, 2.45) is 0 Å². The maximum Gasteiger partial charge on any atom is 0.270 e. The van der Waals surface area contributed by atoms with E-state index < -0.39 is 0 Å². The maximum atomic E-state index is 12.7. The second-order valence-corrected chi connectivity index (χ2v) is 7.45. The van der Waals surface area contributed by atoms with Gasteiger partial charge in [-0.2, -0.15) is 0 Å². The van der Waals surface area contributed by atoms with E-state index in [1.807, 2.05) is 61.5 Å². The lowest BCUT2D eigenvalue weighted by molar-refractivity contribution is -0.113. The van der Waals surface area contributed by atoms with Gasteiger partial charge in [0.2, 0.25) is 0 Å². The summed E-state index contributed by atoms with van der Waals surface area (Å²) in [4.78, 5) is 14.9. The van der Waals surface area contributed by atoms with Crippen LogP contribution in [-0.2, 0) is 4.79 Å². The molecule has 0 bridgehead atoms. The Hall–Kier alpha value is -1.43. The summed E-state index contributed by atoms with van der Waals surface area (Å²) in [6, 6.07) is 15.6. The zero-order chi connectivity index (χ0) is 15.7. The fourth-order valence-corrected chi connectivity index (χ4v) is 3.87. The van der Waals surface area contributed by atoms with Crippen molar-refractivity contribution in [3.05, 3.63) is 69.0 Å². The number of carbonyl (C=O) groups excluding carboxylic acids is 1. The average Bonchev–Trinajstić information content (AvgIpc) is 2.76. The van der Waals surface area contributed by atoms with E-state index >= 15 is 0 Å². The minimum atomic E-state index is -0.0728. The minimum Gasteiger partial charge on any atom is -0.268 e. The Kier molecular flexibility index (Phi) is 4.47. The predicted octanol–water partition coefficient (Wildman–Crippen LogP) is 5.16. The number of thioether (sulfide) groups is 1. The van der Waals surface area contributed by atoms with Crippen molar-refractivity contribution in [2.45, 2.75) is 6.92 Å². The van der Waals surface area contributed by atoms with Crippen molar-refractivity contribution in [3.63, 3.8) is 0 Å². The molecule has 0 aromatic heterocycles. The summed E-state index contributed by atoms with van der Waals surface area (Å²) in [7, 11) is 0. The second-order valence-electron chi connectivity index (χ2n) is 4.85. The Labute approximate surface area is 147 Å². The highest BCUT2D eigenvalue weighted by Crippen LogP contribution is 2.36. The van der Waals surface area contributed by atoms with Crippen LogP contribution in [0.3, 0.4) is 0 Å². The highest BCUT2D eigenvalue weighted by Gasteiger charge is 2.33. The molecular weight excluding hydrogens is 378 g/mol. The summed E-state index contributed by atoms with van der Waals surface area (Å²) in [5.41, 5.74) is 2.96. The van der Waals surface area contributed by atoms with Gasteiger partial charge >= 0.3 is 0 Å². The van der Waals surface area contributed by atoms with Gasteiger partial charge in [-0.3, -0.25) is 9.69 Å². The summed E-state index contributed by atoms with van der Waals surface area (Å²) >= 11 is 10.1. The van der Waals surface area contributed by atoms with Crippen molar-refractivity contribution in [2.75, 3.05) is 4.90 Å². The van der Waals surface area contributed by atoms with Gasteiger partial charge in [0, 0.05) is 4.47 Å². The molecule has 1 aliphatic rings. The number of carbonyl (C=O) groups is 1. The van der Waals surface area contributed by atoms with E-state index in [-0.39, 0.29) is 5.91 Å². The topological polar surface area (TPSA) is 20.3 Å². The number of rotatable bonds is 2. The molecule has 1 aliphatic heterocycles. The van der Waals surface area contributed by atoms with Crippen LogP contribution in [0.2, 0.25) is 0 Å². The van der Waals surface area contributed by atoms with Crippen LogP contribution >= 0.6 is 39.9 Å². The number of aryl methyl sites for hydroxylation is 1. The first-order chi connectivity index (χ1) is 10.6. The maximum absolute atomic E-state index is 12.7. The number of benzene rings is 2. The highest BCUT2D eigenvalue weighted by atomic mass is 79.9. The van der Waals surface area contributed by atoms with E-state index in [2.05, 4.69) is 15.9 Å². The SMILES string of the molecule is Cc1ccccc1/C=C1/SC(=S)N(c2cccc(Br)c2)C1=O. The monoisotopic (exact) mass is 389 g/mol. The fraction of sp³-hybridized carbons (Fsp3) is 0.0588. The molecule has 1 fully saturated rings. The van der Waals surface area contributed by atoms with Gasteiger partial charge in [0.25, 0.3) is 5.91 Å². The molecule has 0 radical (unpaired) electrons. The van der Waals surface area contributed by atoms with Crippen LogP contribution in [0.15, 0.2) is 57.9 Å². The summed E-state index contributed by atoms with van der Waals surface area (Å²) in [5.74, 6) is -0.0728. The number of amides is 1. The normalized spacial score (nSPS) is 16.6. The Bertz CT molecular complexity index is 801. The molecule has 0 spiro atoms. The lowest BCUT2D eigenvalue weighted by atomic mass is 10.1. The molecule has 5 heteroatoms. The van der Waals surface area contributed by atoms with Crippen molar-refractivity contribution in [1.82, 2.24) is 0 Å². The predicted molar refractivity (Wildman–Crippen MR) is 101 cm³/mol. The smallest absolute Gasteiger partial charge is 0.268 e. The largest absolute Gasteiger partial charge is 0.270 e. The van der Waals surface area contributed by atoms with E-state index in [0.29, 0.717) is 9.23 Å². The number of thiocarbonyl (C=S) groups is 1. The zero-order valence-corrected chi connectivity index (χ0v) is 15.0. The molecular formula is C17H12BrNOS2. The van der Waals surface area contributed by atoms with Gasteiger partial charge in [-0.25, -0.2) is 0 Å². The van der Waals surface area contributed by atoms with E-state index in [1.165, 1.54) is 11.8 Å². The van der Waals surface area contributed by atoms with Crippen LogP contribution in [0.25, 0.3) is 6.08 Å². The van der Waals surface area contributed by atoms with Crippen LogP contribution < -0.4 is 4.90 Å². The molecule has 110 valence electrons.